The van der Waals surface area contributed by atoms with Crippen molar-refractivity contribution in [1.29, 1.82) is 0 Å². The number of anilines is 1. The van der Waals surface area contributed by atoms with Crippen LogP contribution < -0.4 is 10.2 Å². The van der Waals surface area contributed by atoms with E-state index >= 15 is 0 Å². The summed E-state index contributed by atoms with van der Waals surface area (Å²) in [5.41, 5.74) is 1.73. The van der Waals surface area contributed by atoms with Gasteiger partial charge in [-0.05, 0) is 45.7 Å². The van der Waals surface area contributed by atoms with Crippen LogP contribution in [0.5, 0.6) is 0 Å². The Hall–Kier alpha value is -2.04. The van der Waals surface area contributed by atoms with Gasteiger partial charge in [0.2, 0.25) is 0 Å². The molecule has 22 heavy (non-hydrogen) atoms. The molecule has 0 radical (unpaired) electrons. The van der Waals surface area contributed by atoms with Crippen LogP contribution in [0.2, 0.25) is 0 Å². The third-order valence-electron chi connectivity index (χ3n) is 4.63. The predicted octanol–water partition coefficient (Wildman–Crippen LogP) is 2.16. The van der Waals surface area contributed by atoms with Crippen LogP contribution in [-0.2, 0) is 11.2 Å². The zero-order valence-corrected chi connectivity index (χ0v) is 13.6. The van der Waals surface area contributed by atoms with Gasteiger partial charge in [0.15, 0.2) is 0 Å². The molecule has 118 valence electrons. The summed E-state index contributed by atoms with van der Waals surface area (Å²) in [6.45, 7) is 8.93. The molecular weight excluding hydrogens is 278 g/mol. The van der Waals surface area contributed by atoms with E-state index in [1.54, 1.807) is 13.8 Å². The lowest BCUT2D eigenvalue weighted by molar-refractivity contribution is -0.130. The third-order valence-corrected chi connectivity index (χ3v) is 4.63. The second kappa shape index (κ2) is 4.73. The first-order valence-electron chi connectivity index (χ1n) is 7.72. The van der Waals surface area contributed by atoms with E-state index in [1.165, 1.54) is 16.2 Å². The van der Waals surface area contributed by atoms with Crippen LogP contribution in [-0.4, -0.2) is 41.0 Å². The van der Waals surface area contributed by atoms with Gasteiger partial charge in [-0.25, -0.2) is 4.79 Å². The number of benzene rings is 1. The normalized spacial score (nSPS) is 22.0. The van der Waals surface area contributed by atoms with Gasteiger partial charge < -0.3 is 10.2 Å². The lowest BCUT2D eigenvalue weighted by Crippen LogP contribution is -2.47. The van der Waals surface area contributed by atoms with Crippen molar-refractivity contribution < 1.29 is 9.59 Å². The van der Waals surface area contributed by atoms with Gasteiger partial charge in [-0.15, -0.1) is 0 Å². The molecule has 0 saturated carbocycles. The molecule has 2 heterocycles. The summed E-state index contributed by atoms with van der Waals surface area (Å²) < 4.78 is 0. The van der Waals surface area contributed by atoms with Crippen molar-refractivity contribution in [3.05, 3.63) is 29.8 Å². The lowest BCUT2D eigenvalue weighted by atomic mass is 9.99. The first kappa shape index (κ1) is 14.9. The number of amides is 3. The van der Waals surface area contributed by atoms with Gasteiger partial charge in [-0.3, -0.25) is 9.69 Å². The molecule has 2 aliphatic heterocycles. The average molecular weight is 301 g/mol. The molecule has 1 saturated heterocycles. The Labute approximate surface area is 131 Å². The number of imide groups is 1. The van der Waals surface area contributed by atoms with Gasteiger partial charge in [0.05, 0.1) is 0 Å². The summed E-state index contributed by atoms with van der Waals surface area (Å²) in [4.78, 5) is 27.9. The van der Waals surface area contributed by atoms with Crippen LogP contribution in [0.1, 0.15) is 33.3 Å². The van der Waals surface area contributed by atoms with Gasteiger partial charge in [-0.2, -0.15) is 0 Å². The molecule has 2 aliphatic rings. The van der Waals surface area contributed by atoms with Crippen LogP contribution in [0.25, 0.3) is 0 Å². The molecule has 0 spiro atoms. The van der Waals surface area contributed by atoms with Gasteiger partial charge in [0.25, 0.3) is 5.91 Å². The Morgan fingerprint density at radius 1 is 1.09 bits per heavy atom. The molecule has 5 heteroatoms. The maximum absolute atomic E-state index is 12.3. The van der Waals surface area contributed by atoms with Crippen LogP contribution in [0, 0.1) is 0 Å². The Morgan fingerprint density at radius 3 is 2.41 bits per heavy atom. The number of nitrogens with one attached hydrogen (secondary N) is 1. The minimum absolute atomic E-state index is 0.00154. The number of fused-ring (bicyclic) bond motifs is 1. The van der Waals surface area contributed by atoms with Crippen LogP contribution in [0.3, 0.4) is 0 Å². The third kappa shape index (κ3) is 2.25. The molecule has 0 bridgehead atoms. The molecule has 1 aromatic carbocycles. The second-order valence-electron chi connectivity index (χ2n) is 7.28. The van der Waals surface area contributed by atoms with E-state index in [2.05, 4.69) is 42.3 Å². The first-order valence-corrected chi connectivity index (χ1v) is 7.72. The van der Waals surface area contributed by atoms with E-state index in [-0.39, 0.29) is 17.5 Å². The SMILES string of the molecule is CC1(C)NC(=O)N(CCN2c3ccccc3CC2(C)C)C1=O. The highest BCUT2D eigenvalue weighted by Crippen LogP contribution is 2.38. The fourth-order valence-corrected chi connectivity index (χ4v) is 3.46. The fourth-order valence-electron chi connectivity index (χ4n) is 3.46. The maximum atomic E-state index is 12.3. The van der Waals surface area contributed by atoms with E-state index in [0.29, 0.717) is 13.1 Å². The molecule has 5 nitrogen and oxygen atoms in total. The largest absolute Gasteiger partial charge is 0.364 e. The summed E-state index contributed by atoms with van der Waals surface area (Å²) in [6, 6.07) is 8.05. The highest BCUT2D eigenvalue weighted by molar-refractivity contribution is 6.06. The Morgan fingerprint density at radius 2 is 1.77 bits per heavy atom. The Kier molecular flexibility index (Phi) is 3.20. The molecular formula is C17H23N3O2. The minimum atomic E-state index is -0.796. The number of nitrogens with zero attached hydrogens (tertiary/aromatic N) is 2. The molecule has 0 aromatic heterocycles. The molecule has 3 amide bonds. The maximum Gasteiger partial charge on any atom is 0.325 e. The van der Waals surface area contributed by atoms with E-state index < -0.39 is 5.54 Å². The number of hydrogen-bond acceptors (Lipinski definition) is 3. The van der Waals surface area contributed by atoms with Gasteiger partial charge in [-0.1, -0.05) is 18.2 Å². The van der Waals surface area contributed by atoms with E-state index in [1.807, 2.05) is 6.07 Å². The first-order chi connectivity index (χ1) is 10.2. The molecule has 1 aromatic rings. The smallest absolute Gasteiger partial charge is 0.325 e. The standard InChI is InChI=1S/C17H23N3O2/c1-16(2)11-12-7-5-6-8-13(12)20(16)10-9-19-14(21)17(3,4)18-15(19)22/h5-8H,9-11H2,1-4H3,(H,18,22). The molecule has 1 fully saturated rings. The van der Waals surface area contributed by atoms with E-state index in [0.717, 1.165) is 6.42 Å². The highest BCUT2D eigenvalue weighted by Gasteiger charge is 2.45. The molecule has 3 rings (SSSR count). The van der Waals surface area contributed by atoms with Crippen molar-refractivity contribution >= 4 is 17.6 Å². The minimum Gasteiger partial charge on any atom is -0.364 e. The van der Waals surface area contributed by atoms with Gasteiger partial charge in [0.1, 0.15) is 5.54 Å². The number of hydrogen-bond donors (Lipinski definition) is 1. The van der Waals surface area contributed by atoms with Crippen molar-refractivity contribution in [2.75, 3.05) is 18.0 Å². The number of para-hydroxylation sites is 1. The zero-order chi connectivity index (χ0) is 16.1. The number of rotatable bonds is 3. The zero-order valence-electron chi connectivity index (χ0n) is 13.6. The highest BCUT2D eigenvalue weighted by atomic mass is 16.2. The number of carbonyl (C=O) groups excluding carboxylic acids is 2. The van der Waals surface area contributed by atoms with E-state index in [9.17, 15) is 9.59 Å². The number of urea groups is 1. The monoisotopic (exact) mass is 301 g/mol. The molecule has 1 N–H and O–H groups in total. The topological polar surface area (TPSA) is 52.7 Å². The summed E-state index contributed by atoms with van der Waals surface area (Å²) in [7, 11) is 0. The van der Waals surface area contributed by atoms with E-state index in [4.69, 9.17) is 0 Å². The van der Waals surface area contributed by atoms with Crippen molar-refractivity contribution in [1.82, 2.24) is 10.2 Å². The quantitative estimate of drug-likeness (QED) is 0.871. The summed E-state index contributed by atoms with van der Waals surface area (Å²) >= 11 is 0. The van der Waals surface area contributed by atoms with Crippen molar-refractivity contribution in [2.45, 2.75) is 45.2 Å². The molecule has 0 unspecified atom stereocenters. The molecule has 0 aliphatic carbocycles. The Balaban J connectivity index is 1.77. The second-order valence-corrected chi connectivity index (χ2v) is 7.28. The average Bonchev–Trinajstić information content (AvgIpc) is 2.78. The van der Waals surface area contributed by atoms with Crippen LogP contribution >= 0.6 is 0 Å². The molecule has 0 atom stereocenters. The summed E-state index contributed by atoms with van der Waals surface area (Å²) in [5.74, 6) is -0.150. The van der Waals surface area contributed by atoms with Crippen molar-refractivity contribution in [3.63, 3.8) is 0 Å². The summed E-state index contributed by atoms with van der Waals surface area (Å²) in [6.07, 6.45) is 0.981. The number of carbonyl (C=O) groups is 2. The van der Waals surface area contributed by atoms with Crippen LogP contribution in [0.15, 0.2) is 24.3 Å². The predicted molar refractivity (Wildman–Crippen MR) is 85.9 cm³/mol. The van der Waals surface area contributed by atoms with Crippen molar-refractivity contribution in [2.24, 2.45) is 0 Å². The van der Waals surface area contributed by atoms with Gasteiger partial charge >= 0.3 is 6.03 Å². The Bertz CT molecular complexity index is 637. The van der Waals surface area contributed by atoms with Crippen molar-refractivity contribution in [3.8, 4) is 0 Å². The lowest BCUT2D eigenvalue weighted by Gasteiger charge is -2.35. The van der Waals surface area contributed by atoms with Crippen LogP contribution in [0.4, 0.5) is 10.5 Å². The summed E-state index contributed by atoms with van der Waals surface area (Å²) in [5, 5.41) is 2.73. The fraction of sp³-hybridized carbons (Fsp3) is 0.529. The van der Waals surface area contributed by atoms with Gasteiger partial charge in [0, 0.05) is 24.3 Å².